The summed E-state index contributed by atoms with van der Waals surface area (Å²) >= 11 is 0. The van der Waals surface area contributed by atoms with Crippen molar-refractivity contribution in [2.75, 3.05) is 7.11 Å². The molecule has 0 radical (unpaired) electrons. The minimum atomic E-state index is -0.378. The van der Waals surface area contributed by atoms with Gasteiger partial charge in [-0.1, -0.05) is 6.92 Å². The van der Waals surface area contributed by atoms with Gasteiger partial charge in [0.05, 0.1) is 18.4 Å². The van der Waals surface area contributed by atoms with E-state index in [1.807, 2.05) is 6.92 Å². The number of nitrogens with one attached hydrogen (secondary N) is 1. The van der Waals surface area contributed by atoms with Crippen LogP contribution in [0.4, 0.5) is 0 Å². The number of Topliss-reactive ketones (excluding diaryl/α,β-unsaturated/α-hetero) is 1. The second kappa shape index (κ2) is 4.41. The molecule has 0 saturated heterocycles. The summed E-state index contributed by atoms with van der Waals surface area (Å²) in [7, 11) is 1.34. The van der Waals surface area contributed by atoms with Crippen LogP contribution in [0.1, 0.15) is 34.2 Å². The summed E-state index contributed by atoms with van der Waals surface area (Å²) in [6, 6.07) is 6.91. The van der Waals surface area contributed by atoms with E-state index in [1.165, 1.54) is 7.11 Å². The van der Waals surface area contributed by atoms with Crippen molar-refractivity contribution in [2.24, 2.45) is 0 Å². The van der Waals surface area contributed by atoms with Gasteiger partial charge in [0.25, 0.3) is 0 Å². The number of benzene rings is 1. The predicted octanol–water partition coefficient (Wildman–Crippen LogP) is 2.55. The van der Waals surface area contributed by atoms with Gasteiger partial charge in [-0.15, -0.1) is 0 Å². The first-order chi connectivity index (χ1) is 8.15. The quantitative estimate of drug-likeness (QED) is 0.652. The fourth-order valence-electron chi connectivity index (χ4n) is 1.72. The standard InChI is InChI=1S/C13H13NO3/c1-3-12(15)11-7-9-6-8(13(16)17-2)4-5-10(9)14-11/h4-7,14H,3H2,1-2H3. The first-order valence-corrected chi connectivity index (χ1v) is 5.40. The third kappa shape index (κ3) is 2.06. The molecule has 4 heteroatoms. The molecule has 1 N–H and O–H groups in total. The van der Waals surface area contributed by atoms with E-state index < -0.39 is 0 Å². The van der Waals surface area contributed by atoms with Gasteiger partial charge in [0, 0.05) is 17.3 Å². The number of hydrogen-bond donors (Lipinski definition) is 1. The topological polar surface area (TPSA) is 59.2 Å². The Kier molecular flexibility index (Phi) is 2.95. The summed E-state index contributed by atoms with van der Waals surface area (Å²) in [5.41, 5.74) is 1.90. The molecule has 1 heterocycles. The maximum Gasteiger partial charge on any atom is 0.337 e. The number of fused-ring (bicyclic) bond motifs is 1. The lowest BCUT2D eigenvalue weighted by molar-refractivity contribution is 0.0601. The largest absolute Gasteiger partial charge is 0.465 e. The van der Waals surface area contributed by atoms with Gasteiger partial charge in [-0.05, 0) is 24.3 Å². The van der Waals surface area contributed by atoms with Crippen molar-refractivity contribution >= 4 is 22.7 Å². The number of aromatic nitrogens is 1. The molecule has 17 heavy (non-hydrogen) atoms. The Hall–Kier alpha value is -2.10. The van der Waals surface area contributed by atoms with Crippen molar-refractivity contribution in [2.45, 2.75) is 13.3 Å². The highest BCUT2D eigenvalue weighted by molar-refractivity contribution is 6.01. The predicted molar refractivity (Wildman–Crippen MR) is 64.3 cm³/mol. The van der Waals surface area contributed by atoms with Crippen molar-refractivity contribution in [1.29, 1.82) is 0 Å². The molecular weight excluding hydrogens is 218 g/mol. The summed E-state index contributed by atoms with van der Waals surface area (Å²) in [6.07, 6.45) is 0.455. The fraction of sp³-hybridized carbons (Fsp3) is 0.231. The van der Waals surface area contributed by atoms with E-state index >= 15 is 0 Å². The molecule has 0 unspecified atom stereocenters. The monoisotopic (exact) mass is 231 g/mol. The lowest BCUT2D eigenvalue weighted by Gasteiger charge is -1.98. The van der Waals surface area contributed by atoms with E-state index in [2.05, 4.69) is 9.72 Å². The molecule has 4 nitrogen and oxygen atoms in total. The molecule has 1 aromatic carbocycles. The number of ether oxygens (including phenoxy) is 1. The van der Waals surface area contributed by atoms with Crippen LogP contribution in [0.5, 0.6) is 0 Å². The first kappa shape index (κ1) is 11.4. The van der Waals surface area contributed by atoms with Crippen molar-refractivity contribution in [3.05, 3.63) is 35.5 Å². The molecule has 2 rings (SSSR count). The van der Waals surface area contributed by atoms with Crippen molar-refractivity contribution in [3.63, 3.8) is 0 Å². The summed E-state index contributed by atoms with van der Waals surface area (Å²) in [4.78, 5) is 25.9. The highest BCUT2D eigenvalue weighted by Crippen LogP contribution is 2.18. The highest BCUT2D eigenvalue weighted by atomic mass is 16.5. The number of carbonyl (C=O) groups excluding carboxylic acids is 2. The number of esters is 1. The second-order valence-corrected chi connectivity index (χ2v) is 3.75. The Morgan fingerprint density at radius 2 is 2.06 bits per heavy atom. The van der Waals surface area contributed by atoms with E-state index in [1.54, 1.807) is 24.3 Å². The van der Waals surface area contributed by atoms with E-state index in [9.17, 15) is 9.59 Å². The Bertz CT molecular complexity index is 569. The van der Waals surface area contributed by atoms with Crippen LogP contribution >= 0.6 is 0 Å². The molecule has 1 aromatic heterocycles. The van der Waals surface area contributed by atoms with Gasteiger partial charge in [-0.25, -0.2) is 4.79 Å². The second-order valence-electron chi connectivity index (χ2n) is 3.75. The van der Waals surface area contributed by atoms with Crippen LogP contribution in [0, 0.1) is 0 Å². The zero-order valence-corrected chi connectivity index (χ0v) is 9.74. The number of H-pyrrole nitrogens is 1. The average Bonchev–Trinajstić information content (AvgIpc) is 2.79. The summed E-state index contributed by atoms with van der Waals surface area (Å²) in [5, 5.41) is 0.838. The normalized spacial score (nSPS) is 10.5. The molecule has 0 aliphatic carbocycles. The number of aromatic amines is 1. The number of hydrogen-bond acceptors (Lipinski definition) is 3. The molecule has 88 valence electrons. The summed E-state index contributed by atoms with van der Waals surface area (Å²) in [5.74, 6) is -0.322. The molecule has 2 aromatic rings. The maximum absolute atomic E-state index is 11.5. The van der Waals surface area contributed by atoms with Gasteiger partial charge < -0.3 is 9.72 Å². The van der Waals surface area contributed by atoms with Gasteiger partial charge in [-0.2, -0.15) is 0 Å². The first-order valence-electron chi connectivity index (χ1n) is 5.40. The summed E-state index contributed by atoms with van der Waals surface area (Å²) < 4.78 is 4.64. The van der Waals surface area contributed by atoms with Crippen LogP contribution < -0.4 is 0 Å². The molecule has 0 fully saturated rings. The van der Waals surface area contributed by atoms with Crippen molar-refractivity contribution in [1.82, 2.24) is 4.98 Å². The molecule has 0 spiro atoms. The smallest absolute Gasteiger partial charge is 0.337 e. The average molecular weight is 231 g/mol. The van der Waals surface area contributed by atoms with Crippen LogP contribution in [0.25, 0.3) is 10.9 Å². The number of ketones is 1. The number of rotatable bonds is 3. The van der Waals surface area contributed by atoms with Crippen molar-refractivity contribution in [3.8, 4) is 0 Å². The molecule has 0 bridgehead atoms. The zero-order chi connectivity index (χ0) is 12.4. The molecule has 0 amide bonds. The Morgan fingerprint density at radius 3 is 2.71 bits per heavy atom. The van der Waals surface area contributed by atoms with Crippen LogP contribution in [0.15, 0.2) is 24.3 Å². The van der Waals surface area contributed by atoms with Gasteiger partial charge >= 0.3 is 5.97 Å². The Morgan fingerprint density at radius 1 is 1.29 bits per heavy atom. The number of methoxy groups -OCH3 is 1. The van der Waals surface area contributed by atoms with E-state index in [-0.39, 0.29) is 11.8 Å². The molecule has 0 saturated carbocycles. The van der Waals surface area contributed by atoms with E-state index in [0.29, 0.717) is 17.7 Å². The van der Waals surface area contributed by atoms with Crippen molar-refractivity contribution < 1.29 is 14.3 Å². The van der Waals surface area contributed by atoms with Crippen LogP contribution in [-0.2, 0) is 4.74 Å². The number of carbonyl (C=O) groups is 2. The highest BCUT2D eigenvalue weighted by Gasteiger charge is 2.10. The van der Waals surface area contributed by atoms with Gasteiger partial charge in [0.2, 0.25) is 0 Å². The molecule has 0 aliphatic rings. The van der Waals surface area contributed by atoms with Gasteiger partial charge in [0.15, 0.2) is 5.78 Å². The fourth-order valence-corrected chi connectivity index (χ4v) is 1.72. The minimum absolute atomic E-state index is 0.0563. The molecule has 0 aliphatic heterocycles. The molecular formula is C13H13NO3. The van der Waals surface area contributed by atoms with Crippen LogP contribution in [0.3, 0.4) is 0 Å². The van der Waals surface area contributed by atoms with E-state index in [4.69, 9.17) is 0 Å². The maximum atomic E-state index is 11.5. The van der Waals surface area contributed by atoms with Crippen LogP contribution in [-0.4, -0.2) is 23.8 Å². The third-order valence-electron chi connectivity index (χ3n) is 2.66. The lowest BCUT2D eigenvalue weighted by atomic mass is 10.1. The Balaban J connectivity index is 2.48. The lowest BCUT2D eigenvalue weighted by Crippen LogP contribution is -2.00. The minimum Gasteiger partial charge on any atom is -0.465 e. The molecule has 0 atom stereocenters. The van der Waals surface area contributed by atoms with E-state index in [0.717, 1.165) is 10.9 Å². The zero-order valence-electron chi connectivity index (χ0n) is 9.74. The van der Waals surface area contributed by atoms with Gasteiger partial charge in [-0.3, -0.25) is 4.79 Å². The van der Waals surface area contributed by atoms with Gasteiger partial charge in [0.1, 0.15) is 0 Å². The SMILES string of the molecule is CCC(=O)c1cc2cc(C(=O)OC)ccc2[nH]1. The van der Waals surface area contributed by atoms with Crippen LogP contribution in [0.2, 0.25) is 0 Å². The Labute approximate surface area is 98.6 Å². The summed E-state index contributed by atoms with van der Waals surface area (Å²) in [6.45, 7) is 1.81. The third-order valence-corrected chi connectivity index (χ3v) is 2.66.